The van der Waals surface area contributed by atoms with Crippen LogP contribution in [0.2, 0.25) is 0 Å². The summed E-state index contributed by atoms with van der Waals surface area (Å²) in [5.41, 5.74) is 2.37. The van der Waals surface area contributed by atoms with E-state index in [0.717, 1.165) is 37.8 Å². The summed E-state index contributed by atoms with van der Waals surface area (Å²) in [6.07, 6.45) is 2.74. The molecule has 0 saturated carbocycles. The molecule has 1 aromatic heterocycles. The lowest BCUT2D eigenvalue weighted by molar-refractivity contribution is 0.115. The first kappa shape index (κ1) is 14.3. The van der Waals surface area contributed by atoms with Gasteiger partial charge in [0.05, 0.1) is 6.10 Å². The lowest BCUT2D eigenvalue weighted by Crippen LogP contribution is -2.32. The predicted octanol–water partition coefficient (Wildman–Crippen LogP) is 2.11. The van der Waals surface area contributed by atoms with E-state index in [0.29, 0.717) is 6.10 Å². The van der Waals surface area contributed by atoms with Gasteiger partial charge in [-0.1, -0.05) is 6.07 Å². The van der Waals surface area contributed by atoms with Crippen LogP contribution in [0.25, 0.3) is 0 Å². The van der Waals surface area contributed by atoms with Crippen LogP contribution in [-0.4, -0.2) is 37.8 Å². The first-order valence-corrected chi connectivity index (χ1v) is 7.22. The fraction of sp³-hybridized carbons (Fsp3) is 0.667. The Balaban J connectivity index is 2.06. The average molecular weight is 263 g/mol. The Morgan fingerprint density at radius 3 is 2.89 bits per heavy atom. The zero-order valence-corrected chi connectivity index (χ0v) is 12.3. The van der Waals surface area contributed by atoms with Crippen molar-refractivity contribution in [3.63, 3.8) is 0 Å². The van der Waals surface area contributed by atoms with Crippen molar-refractivity contribution in [2.75, 3.05) is 31.6 Å². The van der Waals surface area contributed by atoms with E-state index in [-0.39, 0.29) is 0 Å². The maximum absolute atomic E-state index is 5.72. The summed E-state index contributed by atoms with van der Waals surface area (Å²) in [6.45, 7) is 7.96. The van der Waals surface area contributed by atoms with Crippen molar-refractivity contribution in [1.82, 2.24) is 10.3 Å². The van der Waals surface area contributed by atoms with Gasteiger partial charge in [0, 0.05) is 31.9 Å². The molecule has 4 nitrogen and oxygen atoms in total. The molecule has 0 radical (unpaired) electrons. The van der Waals surface area contributed by atoms with Gasteiger partial charge in [-0.05, 0) is 45.4 Å². The maximum Gasteiger partial charge on any atom is 0.128 e. The number of pyridine rings is 1. The van der Waals surface area contributed by atoms with Gasteiger partial charge in [-0.15, -0.1) is 0 Å². The van der Waals surface area contributed by atoms with Gasteiger partial charge in [0.15, 0.2) is 0 Å². The average Bonchev–Trinajstić information content (AvgIpc) is 2.91. The molecule has 1 N–H and O–H groups in total. The van der Waals surface area contributed by atoms with Gasteiger partial charge in [0.1, 0.15) is 5.82 Å². The molecular formula is C15H25N3O. The molecular weight excluding hydrogens is 238 g/mol. The van der Waals surface area contributed by atoms with Crippen LogP contribution in [0.15, 0.2) is 12.1 Å². The second-order valence-electron chi connectivity index (χ2n) is 5.12. The van der Waals surface area contributed by atoms with Crippen molar-refractivity contribution >= 4 is 5.82 Å². The summed E-state index contributed by atoms with van der Waals surface area (Å²) >= 11 is 0. The SMILES string of the molecule is CCN(CC1CCCO1)c1ccc(CNC)c(C)n1. The van der Waals surface area contributed by atoms with Gasteiger partial charge in [-0.25, -0.2) is 4.98 Å². The van der Waals surface area contributed by atoms with E-state index in [1.54, 1.807) is 0 Å². The van der Waals surface area contributed by atoms with Crippen LogP contribution in [0.4, 0.5) is 5.82 Å². The summed E-state index contributed by atoms with van der Waals surface area (Å²) in [6, 6.07) is 4.30. The van der Waals surface area contributed by atoms with E-state index in [4.69, 9.17) is 9.72 Å². The fourth-order valence-electron chi connectivity index (χ4n) is 2.55. The van der Waals surface area contributed by atoms with Crippen molar-refractivity contribution < 1.29 is 4.74 Å². The first-order chi connectivity index (χ1) is 9.24. The molecule has 1 saturated heterocycles. The fourth-order valence-corrected chi connectivity index (χ4v) is 2.55. The highest BCUT2D eigenvalue weighted by molar-refractivity contribution is 5.41. The molecule has 1 aliphatic rings. The molecule has 2 heterocycles. The Kier molecular flexibility index (Phi) is 5.16. The van der Waals surface area contributed by atoms with Crippen LogP contribution in [0.5, 0.6) is 0 Å². The number of nitrogens with one attached hydrogen (secondary N) is 1. The minimum absolute atomic E-state index is 0.374. The number of likely N-dealkylation sites (N-methyl/N-ethyl adjacent to an activating group) is 1. The number of aromatic nitrogens is 1. The van der Waals surface area contributed by atoms with Crippen LogP contribution in [0.3, 0.4) is 0 Å². The van der Waals surface area contributed by atoms with Crippen LogP contribution >= 0.6 is 0 Å². The molecule has 4 heteroatoms. The summed E-state index contributed by atoms with van der Waals surface area (Å²) in [7, 11) is 1.96. The van der Waals surface area contributed by atoms with E-state index in [1.165, 1.54) is 18.4 Å². The zero-order valence-electron chi connectivity index (χ0n) is 12.3. The first-order valence-electron chi connectivity index (χ1n) is 7.22. The predicted molar refractivity (Wildman–Crippen MR) is 78.6 cm³/mol. The third-order valence-electron chi connectivity index (χ3n) is 3.70. The van der Waals surface area contributed by atoms with Gasteiger partial charge in [0.2, 0.25) is 0 Å². The summed E-state index contributed by atoms with van der Waals surface area (Å²) in [5, 5.41) is 3.17. The standard InChI is InChI=1S/C15H25N3O/c1-4-18(11-14-6-5-9-19-14)15-8-7-13(10-16-3)12(2)17-15/h7-8,14,16H,4-6,9-11H2,1-3H3. The molecule has 106 valence electrons. The Hall–Kier alpha value is -1.13. The Bertz CT molecular complexity index is 402. The van der Waals surface area contributed by atoms with E-state index >= 15 is 0 Å². The number of aryl methyl sites for hydroxylation is 1. The number of rotatable bonds is 6. The van der Waals surface area contributed by atoms with Gasteiger partial charge in [-0.2, -0.15) is 0 Å². The van der Waals surface area contributed by atoms with Crippen molar-refractivity contribution in [3.8, 4) is 0 Å². The summed E-state index contributed by atoms with van der Waals surface area (Å²) < 4.78 is 5.72. The Morgan fingerprint density at radius 1 is 1.47 bits per heavy atom. The van der Waals surface area contributed by atoms with Crippen LogP contribution in [-0.2, 0) is 11.3 Å². The second kappa shape index (κ2) is 6.87. The molecule has 0 aromatic carbocycles. The van der Waals surface area contributed by atoms with Crippen LogP contribution in [0, 0.1) is 6.92 Å². The van der Waals surface area contributed by atoms with Crippen molar-refractivity contribution in [1.29, 1.82) is 0 Å². The quantitative estimate of drug-likeness (QED) is 0.853. The van der Waals surface area contributed by atoms with E-state index in [9.17, 15) is 0 Å². The molecule has 1 atom stereocenters. The second-order valence-corrected chi connectivity index (χ2v) is 5.12. The number of hydrogen-bond acceptors (Lipinski definition) is 4. The van der Waals surface area contributed by atoms with Gasteiger partial charge >= 0.3 is 0 Å². The highest BCUT2D eigenvalue weighted by Gasteiger charge is 2.19. The Morgan fingerprint density at radius 2 is 2.32 bits per heavy atom. The smallest absolute Gasteiger partial charge is 0.128 e. The molecule has 1 unspecified atom stereocenters. The third-order valence-corrected chi connectivity index (χ3v) is 3.70. The molecule has 19 heavy (non-hydrogen) atoms. The number of anilines is 1. The van der Waals surface area contributed by atoms with Crippen molar-refractivity contribution in [2.24, 2.45) is 0 Å². The van der Waals surface area contributed by atoms with Crippen LogP contribution < -0.4 is 10.2 Å². The van der Waals surface area contributed by atoms with Crippen molar-refractivity contribution in [2.45, 2.75) is 39.3 Å². The molecule has 0 amide bonds. The minimum Gasteiger partial charge on any atom is -0.376 e. The van der Waals surface area contributed by atoms with Gasteiger partial charge < -0.3 is 15.0 Å². The molecule has 0 aliphatic carbocycles. The zero-order chi connectivity index (χ0) is 13.7. The maximum atomic E-state index is 5.72. The van der Waals surface area contributed by atoms with Crippen molar-refractivity contribution in [3.05, 3.63) is 23.4 Å². The normalized spacial score (nSPS) is 18.8. The highest BCUT2D eigenvalue weighted by atomic mass is 16.5. The largest absolute Gasteiger partial charge is 0.376 e. The van der Waals surface area contributed by atoms with E-state index in [1.807, 2.05) is 7.05 Å². The minimum atomic E-state index is 0.374. The molecule has 0 spiro atoms. The molecule has 0 bridgehead atoms. The lowest BCUT2D eigenvalue weighted by atomic mass is 10.2. The van der Waals surface area contributed by atoms with E-state index in [2.05, 4.69) is 36.2 Å². The van der Waals surface area contributed by atoms with E-state index < -0.39 is 0 Å². The van der Waals surface area contributed by atoms with Crippen LogP contribution in [0.1, 0.15) is 31.0 Å². The molecule has 1 fully saturated rings. The summed E-state index contributed by atoms with van der Waals surface area (Å²) in [5.74, 6) is 1.07. The molecule has 1 aromatic rings. The Labute approximate surface area is 116 Å². The number of hydrogen-bond donors (Lipinski definition) is 1. The van der Waals surface area contributed by atoms with Gasteiger partial charge in [0.25, 0.3) is 0 Å². The lowest BCUT2D eigenvalue weighted by Gasteiger charge is -2.25. The molecule has 2 rings (SSSR count). The van der Waals surface area contributed by atoms with Gasteiger partial charge in [-0.3, -0.25) is 0 Å². The highest BCUT2D eigenvalue weighted by Crippen LogP contribution is 2.19. The third kappa shape index (κ3) is 3.67. The number of ether oxygens (including phenoxy) is 1. The summed E-state index contributed by atoms with van der Waals surface area (Å²) in [4.78, 5) is 7.05. The monoisotopic (exact) mass is 263 g/mol. The topological polar surface area (TPSA) is 37.4 Å². The molecule has 1 aliphatic heterocycles. The number of nitrogens with zero attached hydrogens (tertiary/aromatic N) is 2.